The number of aliphatic hydroxyl groups excluding tert-OH is 1. The van der Waals surface area contributed by atoms with E-state index in [4.69, 9.17) is 0 Å². The lowest BCUT2D eigenvalue weighted by atomic mass is 10.1. The van der Waals surface area contributed by atoms with Crippen LogP contribution in [0.2, 0.25) is 0 Å². The fraction of sp³-hybridized carbons (Fsp3) is 0.500. The molecule has 1 aliphatic rings. The lowest BCUT2D eigenvalue weighted by Crippen LogP contribution is -2.31. The SMILES string of the molecule is O=[N+]([O-])c1cc(F)cc(CN2CCC[C@@H]2CO)c1. The number of nitrogens with zero attached hydrogens (tertiary/aromatic N) is 2. The van der Waals surface area contributed by atoms with E-state index in [9.17, 15) is 19.6 Å². The maximum absolute atomic E-state index is 13.3. The number of nitro benzene ring substituents is 1. The summed E-state index contributed by atoms with van der Waals surface area (Å²) in [5.74, 6) is -0.598. The Hall–Kier alpha value is -1.53. The van der Waals surface area contributed by atoms with E-state index < -0.39 is 10.7 Å². The van der Waals surface area contributed by atoms with Gasteiger partial charge in [0.25, 0.3) is 5.69 Å². The minimum atomic E-state index is -0.598. The van der Waals surface area contributed by atoms with Gasteiger partial charge in [0, 0.05) is 18.7 Å². The molecule has 1 atom stereocenters. The number of hydrogen-bond donors (Lipinski definition) is 1. The Bertz CT molecular complexity index is 453. The van der Waals surface area contributed by atoms with Crippen molar-refractivity contribution in [2.45, 2.75) is 25.4 Å². The minimum Gasteiger partial charge on any atom is -0.395 e. The van der Waals surface area contributed by atoms with E-state index in [-0.39, 0.29) is 18.3 Å². The molecule has 0 saturated carbocycles. The summed E-state index contributed by atoms with van der Waals surface area (Å²) in [6.07, 6.45) is 1.90. The molecule has 0 bridgehead atoms. The molecule has 18 heavy (non-hydrogen) atoms. The molecule has 98 valence electrons. The van der Waals surface area contributed by atoms with Gasteiger partial charge in [0.2, 0.25) is 0 Å². The summed E-state index contributed by atoms with van der Waals surface area (Å²) in [6, 6.07) is 3.68. The molecule has 1 saturated heterocycles. The topological polar surface area (TPSA) is 66.6 Å². The van der Waals surface area contributed by atoms with Crippen molar-refractivity contribution in [2.24, 2.45) is 0 Å². The quantitative estimate of drug-likeness (QED) is 0.656. The number of nitro groups is 1. The Balaban J connectivity index is 2.16. The molecule has 1 fully saturated rings. The second-order valence-corrected chi connectivity index (χ2v) is 4.52. The van der Waals surface area contributed by atoms with Gasteiger partial charge < -0.3 is 5.11 Å². The monoisotopic (exact) mass is 254 g/mol. The Morgan fingerprint density at radius 2 is 2.28 bits per heavy atom. The highest BCUT2D eigenvalue weighted by molar-refractivity contribution is 5.35. The van der Waals surface area contributed by atoms with Crippen molar-refractivity contribution < 1.29 is 14.4 Å². The zero-order valence-electron chi connectivity index (χ0n) is 9.88. The van der Waals surface area contributed by atoms with Crippen LogP contribution < -0.4 is 0 Å². The smallest absolute Gasteiger partial charge is 0.272 e. The van der Waals surface area contributed by atoms with Gasteiger partial charge in [-0.1, -0.05) is 0 Å². The average Bonchev–Trinajstić information content (AvgIpc) is 2.75. The summed E-state index contributed by atoms with van der Waals surface area (Å²) in [6.45, 7) is 1.33. The van der Waals surface area contributed by atoms with Gasteiger partial charge in [0.05, 0.1) is 17.6 Å². The Morgan fingerprint density at radius 1 is 1.50 bits per heavy atom. The summed E-state index contributed by atoms with van der Waals surface area (Å²) >= 11 is 0. The van der Waals surface area contributed by atoms with Crippen molar-refractivity contribution >= 4 is 5.69 Å². The van der Waals surface area contributed by atoms with E-state index in [1.165, 1.54) is 12.1 Å². The Labute approximate surface area is 104 Å². The van der Waals surface area contributed by atoms with Gasteiger partial charge in [0.15, 0.2) is 0 Å². The van der Waals surface area contributed by atoms with Crippen molar-refractivity contribution in [3.8, 4) is 0 Å². The third kappa shape index (κ3) is 2.83. The van der Waals surface area contributed by atoms with Gasteiger partial charge in [0.1, 0.15) is 5.82 Å². The molecule has 2 rings (SSSR count). The third-order valence-corrected chi connectivity index (χ3v) is 3.25. The van der Waals surface area contributed by atoms with E-state index in [2.05, 4.69) is 0 Å². The molecule has 1 aliphatic heterocycles. The first kappa shape index (κ1) is 12.9. The van der Waals surface area contributed by atoms with Gasteiger partial charge in [-0.25, -0.2) is 4.39 Å². The van der Waals surface area contributed by atoms with Crippen LogP contribution in [-0.2, 0) is 6.54 Å². The number of rotatable bonds is 4. The van der Waals surface area contributed by atoms with Gasteiger partial charge in [-0.15, -0.1) is 0 Å². The normalized spacial score (nSPS) is 20.2. The predicted molar refractivity (Wildman–Crippen MR) is 63.6 cm³/mol. The van der Waals surface area contributed by atoms with Crippen LogP contribution in [0.25, 0.3) is 0 Å². The van der Waals surface area contributed by atoms with Gasteiger partial charge in [-0.2, -0.15) is 0 Å². The fourth-order valence-corrected chi connectivity index (χ4v) is 2.37. The van der Waals surface area contributed by atoms with Crippen LogP contribution in [0.3, 0.4) is 0 Å². The highest BCUT2D eigenvalue weighted by atomic mass is 19.1. The molecular formula is C12H15FN2O3. The molecule has 0 amide bonds. The summed E-state index contributed by atoms with van der Waals surface area (Å²) in [5.41, 5.74) is 0.340. The molecule has 5 nitrogen and oxygen atoms in total. The van der Waals surface area contributed by atoms with Crippen molar-refractivity contribution in [3.05, 3.63) is 39.7 Å². The standard InChI is InChI=1S/C12H15FN2O3/c13-10-4-9(5-12(6-10)15(17)18)7-14-3-1-2-11(14)8-16/h4-6,11,16H,1-3,7-8H2/t11-/m1/s1. The van der Waals surface area contributed by atoms with Crippen LogP contribution in [0.4, 0.5) is 10.1 Å². The van der Waals surface area contributed by atoms with E-state index in [0.717, 1.165) is 25.5 Å². The molecule has 1 N–H and O–H groups in total. The maximum atomic E-state index is 13.3. The second kappa shape index (κ2) is 5.41. The molecule has 0 spiro atoms. The number of likely N-dealkylation sites (tertiary alicyclic amines) is 1. The van der Waals surface area contributed by atoms with E-state index in [1.807, 2.05) is 4.90 Å². The van der Waals surface area contributed by atoms with E-state index in [0.29, 0.717) is 12.1 Å². The van der Waals surface area contributed by atoms with Crippen molar-refractivity contribution in [2.75, 3.05) is 13.2 Å². The molecule has 1 aromatic carbocycles. The second-order valence-electron chi connectivity index (χ2n) is 4.52. The number of aliphatic hydroxyl groups is 1. The zero-order chi connectivity index (χ0) is 13.1. The number of benzene rings is 1. The lowest BCUT2D eigenvalue weighted by Gasteiger charge is -2.22. The van der Waals surface area contributed by atoms with Gasteiger partial charge >= 0.3 is 0 Å². The number of non-ortho nitro benzene ring substituents is 1. The first-order valence-electron chi connectivity index (χ1n) is 5.89. The van der Waals surface area contributed by atoms with Crippen molar-refractivity contribution in [3.63, 3.8) is 0 Å². The van der Waals surface area contributed by atoms with E-state index in [1.54, 1.807) is 0 Å². The fourth-order valence-electron chi connectivity index (χ4n) is 2.37. The number of halogens is 1. The lowest BCUT2D eigenvalue weighted by molar-refractivity contribution is -0.385. The van der Waals surface area contributed by atoms with Crippen LogP contribution in [0.15, 0.2) is 18.2 Å². The van der Waals surface area contributed by atoms with Crippen molar-refractivity contribution in [1.82, 2.24) is 4.90 Å². The maximum Gasteiger partial charge on any atom is 0.272 e. The van der Waals surface area contributed by atoms with Gasteiger partial charge in [-0.3, -0.25) is 15.0 Å². The largest absolute Gasteiger partial charge is 0.395 e. The average molecular weight is 254 g/mol. The molecule has 0 radical (unpaired) electrons. The molecule has 0 unspecified atom stereocenters. The minimum absolute atomic E-state index is 0.0669. The summed E-state index contributed by atoms with van der Waals surface area (Å²) in [7, 11) is 0. The molecule has 0 aliphatic carbocycles. The highest BCUT2D eigenvalue weighted by Gasteiger charge is 2.24. The van der Waals surface area contributed by atoms with Gasteiger partial charge in [-0.05, 0) is 31.0 Å². The molecule has 1 aromatic rings. The molecule has 1 heterocycles. The summed E-state index contributed by atoms with van der Waals surface area (Å²) < 4.78 is 13.3. The highest BCUT2D eigenvalue weighted by Crippen LogP contribution is 2.22. The van der Waals surface area contributed by atoms with Crippen LogP contribution in [0.5, 0.6) is 0 Å². The molecule has 0 aromatic heterocycles. The van der Waals surface area contributed by atoms with Crippen LogP contribution in [0, 0.1) is 15.9 Å². The predicted octanol–water partition coefficient (Wildman–Crippen LogP) is 1.69. The van der Waals surface area contributed by atoms with Crippen molar-refractivity contribution in [1.29, 1.82) is 0 Å². The van der Waals surface area contributed by atoms with Crippen LogP contribution in [0.1, 0.15) is 18.4 Å². The molecule has 6 heteroatoms. The summed E-state index contributed by atoms with van der Waals surface area (Å²) in [4.78, 5) is 12.1. The first-order valence-corrected chi connectivity index (χ1v) is 5.89. The van der Waals surface area contributed by atoms with Crippen LogP contribution >= 0.6 is 0 Å². The Morgan fingerprint density at radius 3 is 2.94 bits per heavy atom. The summed E-state index contributed by atoms with van der Waals surface area (Å²) in [5, 5.41) is 19.8. The first-order chi connectivity index (χ1) is 8.60. The number of hydrogen-bond acceptors (Lipinski definition) is 4. The molecular weight excluding hydrogens is 239 g/mol. The third-order valence-electron chi connectivity index (χ3n) is 3.25. The van der Waals surface area contributed by atoms with Crippen LogP contribution in [-0.4, -0.2) is 34.1 Å². The van der Waals surface area contributed by atoms with E-state index >= 15 is 0 Å². The Kier molecular flexibility index (Phi) is 3.88. The zero-order valence-corrected chi connectivity index (χ0v) is 9.88.